The van der Waals surface area contributed by atoms with Crippen molar-refractivity contribution in [3.63, 3.8) is 0 Å². The van der Waals surface area contributed by atoms with Crippen LogP contribution in [-0.4, -0.2) is 0 Å². The summed E-state index contributed by atoms with van der Waals surface area (Å²) in [5.74, 6) is 1.38. The Morgan fingerprint density at radius 2 is 0.573 bits per heavy atom. The van der Waals surface area contributed by atoms with E-state index in [2.05, 4.69) is 329 Å². The van der Waals surface area contributed by atoms with Crippen LogP contribution in [-0.2, 0) is 108 Å². The van der Waals surface area contributed by atoms with Crippen LogP contribution in [0.3, 0.4) is 0 Å². The van der Waals surface area contributed by atoms with Gasteiger partial charge in [-0.05, 0) is 122 Å². The van der Waals surface area contributed by atoms with Crippen LogP contribution in [0.5, 0.6) is 0 Å². The standard InChI is InChI=1S/C18H20.C17H20.C15H16.C15H15.C10H13.C3H7.3W.Y/c1-13(2)18(16-9-5-14(3)6-10-16)17-11-7-15(4)8-12-17;1-13-5-9-15(10-6-13)17(3,4)16-11-7-14(2)8-12-16;2*1-12-3-7-14(8-4-12)11-15-9-5-13(2)6-10-15;1-8(2)10-6-4-9(3)5-7-10;1-3-2;;;;/h5-12H,1-4H3;5-12H,1-4H3;3-10H,11H2,1-2H3;3-11H,1-2H3;4-7H,1-3H3;3H,1-2H3;;;;/q;;;3*-1;;;;. The Bertz CT molecular complexity index is 2840. The molecule has 0 nitrogen and oxygen atoms in total. The van der Waals surface area contributed by atoms with Gasteiger partial charge in [0, 0.05) is 101 Å². The fourth-order valence-corrected chi connectivity index (χ4v) is 8.34. The molecule has 0 heterocycles. The normalized spacial score (nSPS) is 9.72. The zero-order valence-electron chi connectivity index (χ0n) is 52.4. The molecule has 0 aliphatic heterocycles. The topological polar surface area (TPSA) is 0 Å². The molecule has 0 fully saturated rings. The first-order valence-electron chi connectivity index (χ1n) is 27.8. The monoisotopic (exact) mass is 1670 g/mol. The molecule has 427 valence electrons. The Hall–Kier alpha value is -4.37. The van der Waals surface area contributed by atoms with Crippen LogP contribution in [0.25, 0.3) is 5.57 Å². The molecule has 9 aromatic rings. The number of benzene rings is 9. The van der Waals surface area contributed by atoms with Gasteiger partial charge in [0.2, 0.25) is 0 Å². The summed E-state index contributed by atoms with van der Waals surface area (Å²) >= 11 is 0. The molecule has 0 saturated heterocycles. The van der Waals surface area contributed by atoms with Gasteiger partial charge in [0.05, 0.1) is 0 Å². The third kappa shape index (κ3) is 28.5. The molecule has 1 radical (unpaired) electrons. The summed E-state index contributed by atoms with van der Waals surface area (Å²) in [7, 11) is 0. The van der Waals surface area contributed by atoms with E-state index in [1.54, 1.807) is 0 Å². The number of hydrogen-bond acceptors (Lipinski definition) is 0. The quantitative estimate of drug-likeness (QED) is 0.126. The summed E-state index contributed by atoms with van der Waals surface area (Å²) in [4.78, 5) is 0. The SMILES string of the molecule is CC(C)=C(c1ccc(C)cc1)c1ccc(C)cc1.C[CH-]C.Cc1ccc(C(C)(C)c2ccc(C)cc2)cc1.Cc1ccc(Cc2ccc(C)cc2)cc1.Cc1ccc([C-](C)C)cc1.Cc1ccc([CH-]c2ccc(C)cc2)cc1.[W].[W].[W].[Y]. The zero-order chi connectivity index (χ0) is 57.2. The summed E-state index contributed by atoms with van der Waals surface area (Å²) in [6, 6.07) is 78.4. The average Bonchev–Trinajstić information content (AvgIpc) is 3.41. The Kier molecular flexibility index (Phi) is 38.6. The van der Waals surface area contributed by atoms with E-state index in [1.165, 1.54) is 117 Å². The van der Waals surface area contributed by atoms with Gasteiger partial charge in [0.15, 0.2) is 0 Å². The Morgan fingerprint density at radius 1 is 0.354 bits per heavy atom. The van der Waals surface area contributed by atoms with Gasteiger partial charge in [-0.2, -0.15) is 37.5 Å². The van der Waals surface area contributed by atoms with Gasteiger partial charge < -0.3 is 6.42 Å². The molecule has 0 saturated carbocycles. The number of rotatable bonds is 9. The van der Waals surface area contributed by atoms with Crippen molar-refractivity contribution in [2.45, 2.75) is 130 Å². The van der Waals surface area contributed by atoms with Crippen LogP contribution in [0.2, 0.25) is 0 Å². The minimum atomic E-state index is 0. The van der Waals surface area contributed by atoms with Crippen molar-refractivity contribution in [2.24, 2.45) is 0 Å². The third-order valence-electron chi connectivity index (χ3n) is 13.5. The first-order valence-corrected chi connectivity index (χ1v) is 27.8. The number of aryl methyl sites for hydroxylation is 9. The van der Waals surface area contributed by atoms with E-state index in [-0.39, 0.29) is 101 Å². The second-order valence-electron chi connectivity index (χ2n) is 22.0. The Morgan fingerprint density at radius 3 is 0.817 bits per heavy atom. The molecule has 0 aliphatic carbocycles. The molecule has 4 heteroatoms. The largest absolute Gasteiger partial charge is 0.335 e. The van der Waals surface area contributed by atoms with Crippen molar-refractivity contribution < 1.29 is 95.9 Å². The molecule has 9 rings (SSSR count). The molecule has 0 aliphatic rings. The molecule has 9 aromatic carbocycles. The third-order valence-corrected chi connectivity index (χ3v) is 13.5. The van der Waals surface area contributed by atoms with E-state index in [0.717, 1.165) is 6.42 Å². The summed E-state index contributed by atoms with van der Waals surface area (Å²) in [6.07, 6.45) is 5.22. The van der Waals surface area contributed by atoms with Crippen molar-refractivity contribution in [3.8, 4) is 0 Å². The Balaban J connectivity index is 0.000000985. The van der Waals surface area contributed by atoms with Crippen molar-refractivity contribution in [1.29, 1.82) is 0 Å². The van der Waals surface area contributed by atoms with E-state index in [1.807, 2.05) is 20.3 Å². The summed E-state index contributed by atoms with van der Waals surface area (Å²) in [5.41, 5.74) is 26.5. The maximum atomic E-state index is 2.28. The zero-order valence-corrected chi connectivity index (χ0v) is 64.1. The van der Waals surface area contributed by atoms with Crippen LogP contribution >= 0.6 is 0 Å². The first kappa shape index (κ1) is 77.6. The van der Waals surface area contributed by atoms with Crippen LogP contribution in [0.4, 0.5) is 0 Å². The van der Waals surface area contributed by atoms with E-state index < -0.39 is 0 Å². The summed E-state index contributed by atoms with van der Waals surface area (Å²) in [6.45, 7) is 36.2. The molecule has 0 amide bonds. The van der Waals surface area contributed by atoms with Crippen molar-refractivity contribution in [2.75, 3.05) is 0 Å². The van der Waals surface area contributed by atoms with Gasteiger partial charge in [-0.1, -0.05) is 253 Å². The van der Waals surface area contributed by atoms with Crippen molar-refractivity contribution in [3.05, 3.63) is 343 Å². The van der Waals surface area contributed by atoms with Crippen molar-refractivity contribution in [1.82, 2.24) is 0 Å². The van der Waals surface area contributed by atoms with E-state index >= 15 is 0 Å². The smallest absolute Gasteiger partial charge is 0.0146 e. The maximum absolute atomic E-state index is 2.28. The predicted octanol–water partition coefficient (Wildman–Crippen LogP) is 21.8. The molecule has 0 bridgehead atoms. The maximum Gasteiger partial charge on any atom is 0.0146 e. The molecule has 82 heavy (non-hydrogen) atoms. The fourth-order valence-electron chi connectivity index (χ4n) is 8.34. The van der Waals surface area contributed by atoms with E-state index in [0.29, 0.717) is 0 Å². The summed E-state index contributed by atoms with van der Waals surface area (Å²) < 4.78 is 0. The van der Waals surface area contributed by atoms with Crippen molar-refractivity contribution >= 4 is 5.57 Å². The van der Waals surface area contributed by atoms with Crippen LogP contribution in [0, 0.1) is 81.1 Å². The van der Waals surface area contributed by atoms with Crippen LogP contribution in [0.15, 0.2) is 224 Å². The van der Waals surface area contributed by atoms with Gasteiger partial charge >= 0.3 is 0 Å². The van der Waals surface area contributed by atoms with E-state index in [4.69, 9.17) is 0 Å². The Labute approximate surface area is 568 Å². The molecule has 0 atom stereocenters. The molecular weight excluding hydrogens is 1580 g/mol. The molecule has 0 aromatic heterocycles. The van der Waals surface area contributed by atoms with Gasteiger partial charge in [-0.15, -0.1) is 53.9 Å². The average molecular weight is 1670 g/mol. The molecule has 0 spiro atoms. The number of allylic oxidation sites excluding steroid dienone is 1. The number of hydrogen-bond donors (Lipinski definition) is 0. The predicted molar refractivity (Wildman–Crippen MR) is 345 cm³/mol. The molecule has 0 unspecified atom stereocenters. The van der Waals surface area contributed by atoms with Gasteiger partial charge in [-0.3, -0.25) is 0 Å². The van der Waals surface area contributed by atoms with Crippen LogP contribution < -0.4 is 0 Å². The van der Waals surface area contributed by atoms with E-state index in [9.17, 15) is 0 Å². The second-order valence-corrected chi connectivity index (χ2v) is 22.0. The second kappa shape index (κ2) is 40.8. The molecular formula is C78H91W3Y-3. The minimum Gasteiger partial charge on any atom is -0.335 e. The molecule has 0 N–H and O–H groups in total. The van der Waals surface area contributed by atoms with Gasteiger partial charge in [-0.25, -0.2) is 0 Å². The fraction of sp³-hybridized carbons (Fsp3) is 0.244. The van der Waals surface area contributed by atoms with Gasteiger partial charge in [0.25, 0.3) is 0 Å². The first-order chi connectivity index (χ1) is 37.2. The summed E-state index contributed by atoms with van der Waals surface area (Å²) in [5, 5.41) is 0. The minimum absolute atomic E-state index is 0. The van der Waals surface area contributed by atoms with Gasteiger partial charge in [0.1, 0.15) is 0 Å². The van der Waals surface area contributed by atoms with Crippen LogP contribution in [0.1, 0.15) is 156 Å².